The van der Waals surface area contributed by atoms with Crippen molar-refractivity contribution in [2.24, 2.45) is 5.92 Å². The van der Waals surface area contributed by atoms with Crippen LogP contribution in [0.4, 0.5) is 10.8 Å². The van der Waals surface area contributed by atoms with Gasteiger partial charge in [-0.15, -0.1) is 11.3 Å². The maximum atomic E-state index is 4.81. The van der Waals surface area contributed by atoms with Gasteiger partial charge in [0.25, 0.3) is 0 Å². The number of thiazole rings is 1. The second kappa shape index (κ2) is 7.66. The first-order chi connectivity index (χ1) is 11.9. The number of hydrogen-bond acceptors (Lipinski definition) is 4. The zero-order valence-electron chi connectivity index (χ0n) is 14.3. The molecule has 0 radical (unpaired) electrons. The second-order valence-corrected chi connectivity index (χ2v) is 8.28. The average Bonchev–Trinajstić information content (AvgIpc) is 3.03. The van der Waals surface area contributed by atoms with Crippen molar-refractivity contribution in [2.75, 3.05) is 18.4 Å². The lowest BCUT2D eigenvalue weighted by atomic mass is 9.87. The Kier molecular flexibility index (Phi) is 5.14. The Labute approximate surface area is 149 Å². The van der Waals surface area contributed by atoms with Gasteiger partial charge in [0.1, 0.15) is 0 Å². The Morgan fingerprint density at radius 3 is 2.79 bits per heavy atom. The molecule has 1 aromatic carbocycles. The Morgan fingerprint density at radius 2 is 1.96 bits per heavy atom. The van der Waals surface area contributed by atoms with Gasteiger partial charge in [-0.2, -0.15) is 0 Å². The molecule has 0 amide bonds. The van der Waals surface area contributed by atoms with E-state index in [0.29, 0.717) is 0 Å². The number of benzene rings is 1. The van der Waals surface area contributed by atoms with Gasteiger partial charge in [-0.25, -0.2) is 4.98 Å². The van der Waals surface area contributed by atoms with Gasteiger partial charge in [-0.05, 0) is 31.0 Å². The van der Waals surface area contributed by atoms with Crippen LogP contribution in [0, 0.1) is 5.92 Å². The minimum atomic E-state index is 0.983. The summed E-state index contributed by atoms with van der Waals surface area (Å²) in [6, 6.07) is 10.3. The first-order valence-corrected chi connectivity index (χ1v) is 10.2. The van der Waals surface area contributed by atoms with E-state index in [1.54, 1.807) is 0 Å². The lowest BCUT2D eigenvalue weighted by Crippen LogP contribution is -2.31. The molecule has 4 heteroatoms. The molecule has 1 fully saturated rings. The van der Waals surface area contributed by atoms with Gasteiger partial charge in [0.05, 0.1) is 5.69 Å². The van der Waals surface area contributed by atoms with Crippen LogP contribution >= 0.6 is 11.3 Å². The van der Waals surface area contributed by atoms with E-state index in [1.165, 1.54) is 62.2 Å². The molecule has 0 atom stereocenters. The summed E-state index contributed by atoms with van der Waals surface area (Å²) >= 11 is 1.83. The summed E-state index contributed by atoms with van der Waals surface area (Å²) in [6.45, 7) is 3.54. The number of fused-ring (bicyclic) bond motifs is 1. The third kappa shape index (κ3) is 3.98. The minimum absolute atomic E-state index is 0.983. The Balaban J connectivity index is 1.33. The number of nitrogens with zero attached hydrogens (tertiary/aromatic N) is 2. The first-order valence-electron chi connectivity index (χ1n) is 9.40. The second-order valence-electron chi connectivity index (χ2n) is 7.20. The molecular weight excluding hydrogens is 314 g/mol. The van der Waals surface area contributed by atoms with Gasteiger partial charge in [0.15, 0.2) is 5.13 Å². The van der Waals surface area contributed by atoms with Crippen molar-refractivity contribution in [1.29, 1.82) is 0 Å². The molecule has 128 valence electrons. The smallest absolute Gasteiger partial charge is 0.187 e. The lowest BCUT2D eigenvalue weighted by molar-refractivity contribution is 0.218. The van der Waals surface area contributed by atoms with E-state index in [2.05, 4.69) is 34.5 Å². The molecular formula is C20H27N3S. The van der Waals surface area contributed by atoms with Crippen LogP contribution in [-0.4, -0.2) is 23.0 Å². The van der Waals surface area contributed by atoms with Crippen molar-refractivity contribution in [3.05, 3.63) is 40.9 Å². The van der Waals surface area contributed by atoms with Crippen molar-refractivity contribution in [1.82, 2.24) is 9.88 Å². The number of para-hydroxylation sites is 1. The number of anilines is 2. The maximum absolute atomic E-state index is 4.81. The Morgan fingerprint density at radius 1 is 1.12 bits per heavy atom. The highest BCUT2D eigenvalue weighted by Gasteiger charge is 2.22. The van der Waals surface area contributed by atoms with E-state index in [4.69, 9.17) is 4.98 Å². The average molecular weight is 342 g/mol. The van der Waals surface area contributed by atoms with Gasteiger partial charge < -0.3 is 5.32 Å². The summed E-state index contributed by atoms with van der Waals surface area (Å²) in [7, 11) is 0. The van der Waals surface area contributed by atoms with Crippen LogP contribution in [0.1, 0.15) is 49.1 Å². The number of hydrogen-bond donors (Lipinski definition) is 1. The monoisotopic (exact) mass is 341 g/mol. The van der Waals surface area contributed by atoms with Crippen molar-refractivity contribution in [3.63, 3.8) is 0 Å². The largest absolute Gasteiger partial charge is 0.332 e. The molecule has 1 N–H and O–H groups in total. The molecule has 0 saturated heterocycles. The first kappa shape index (κ1) is 16.1. The fourth-order valence-corrected chi connectivity index (χ4v) is 5.05. The minimum Gasteiger partial charge on any atom is -0.332 e. The van der Waals surface area contributed by atoms with Crippen LogP contribution in [-0.2, 0) is 13.0 Å². The van der Waals surface area contributed by atoms with Crippen molar-refractivity contribution in [3.8, 4) is 0 Å². The number of aromatic nitrogens is 1. The summed E-state index contributed by atoms with van der Waals surface area (Å²) < 4.78 is 0. The molecule has 0 unspecified atom stereocenters. The van der Waals surface area contributed by atoms with Crippen molar-refractivity contribution in [2.45, 2.75) is 51.5 Å². The molecule has 0 spiro atoms. The number of rotatable bonds is 5. The molecule has 1 saturated carbocycles. The third-order valence-electron chi connectivity index (χ3n) is 5.41. The van der Waals surface area contributed by atoms with Gasteiger partial charge in [0, 0.05) is 30.1 Å². The number of nitrogens with one attached hydrogen (secondary N) is 1. The molecule has 2 heterocycles. The fourth-order valence-electron chi connectivity index (χ4n) is 3.98. The molecule has 24 heavy (non-hydrogen) atoms. The summed E-state index contributed by atoms with van der Waals surface area (Å²) in [5, 5.41) is 4.49. The van der Waals surface area contributed by atoms with E-state index in [1.807, 2.05) is 17.4 Å². The normalized spacial score (nSPS) is 19.2. The van der Waals surface area contributed by atoms with Crippen LogP contribution in [0.25, 0.3) is 0 Å². The molecule has 0 bridgehead atoms. The zero-order chi connectivity index (χ0) is 16.2. The molecule has 4 rings (SSSR count). The van der Waals surface area contributed by atoms with E-state index < -0.39 is 0 Å². The quantitative estimate of drug-likeness (QED) is 0.808. The summed E-state index contributed by atoms with van der Waals surface area (Å²) in [5.41, 5.74) is 2.44. The molecule has 2 aromatic rings. The van der Waals surface area contributed by atoms with E-state index in [0.717, 1.165) is 29.7 Å². The van der Waals surface area contributed by atoms with E-state index >= 15 is 0 Å². The van der Waals surface area contributed by atoms with Crippen molar-refractivity contribution >= 4 is 22.2 Å². The highest BCUT2D eigenvalue weighted by Crippen LogP contribution is 2.31. The molecule has 1 aromatic heterocycles. The zero-order valence-corrected chi connectivity index (χ0v) is 15.2. The van der Waals surface area contributed by atoms with Crippen LogP contribution in [0.3, 0.4) is 0 Å². The highest BCUT2D eigenvalue weighted by atomic mass is 32.1. The predicted molar refractivity (Wildman–Crippen MR) is 102 cm³/mol. The lowest BCUT2D eigenvalue weighted by Gasteiger charge is -2.29. The molecule has 1 aliphatic carbocycles. The topological polar surface area (TPSA) is 28.2 Å². The Bertz CT molecular complexity index is 646. The van der Waals surface area contributed by atoms with Crippen LogP contribution in [0.5, 0.6) is 0 Å². The van der Waals surface area contributed by atoms with Crippen molar-refractivity contribution < 1.29 is 0 Å². The van der Waals surface area contributed by atoms with Crippen LogP contribution in [0.2, 0.25) is 0 Å². The maximum Gasteiger partial charge on any atom is 0.187 e. The Hall–Kier alpha value is -1.39. The third-order valence-corrected chi connectivity index (χ3v) is 6.41. The fraction of sp³-hybridized carbons (Fsp3) is 0.550. The van der Waals surface area contributed by atoms with E-state index in [9.17, 15) is 0 Å². The standard InChI is InChI=1S/C20H27N3S/c1-3-7-16(8-4-1)11-13-23-14-12-18-19(15-23)24-20(22-18)21-17-9-5-2-6-10-17/h2,5-6,9-10,16H,1,3-4,7-8,11-15H2,(H,21,22). The van der Waals surface area contributed by atoms with E-state index in [-0.39, 0.29) is 0 Å². The van der Waals surface area contributed by atoms with Crippen LogP contribution < -0.4 is 5.32 Å². The molecule has 2 aliphatic rings. The molecule has 3 nitrogen and oxygen atoms in total. The summed E-state index contributed by atoms with van der Waals surface area (Å²) in [6.07, 6.45) is 9.80. The van der Waals surface area contributed by atoms with Gasteiger partial charge in [0.2, 0.25) is 0 Å². The predicted octanol–water partition coefficient (Wildman–Crippen LogP) is 5.22. The van der Waals surface area contributed by atoms with Gasteiger partial charge >= 0.3 is 0 Å². The molecule has 1 aliphatic heterocycles. The SMILES string of the molecule is c1ccc(Nc2nc3c(s2)CN(CCC2CCCCC2)CC3)cc1. The van der Waals surface area contributed by atoms with Gasteiger partial charge in [-0.3, -0.25) is 4.90 Å². The van der Waals surface area contributed by atoms with Crippen LogP contribution in [0.15, 0.2) is 30.3 Å². The summed E-state index contributed by atoms with van der Waals surface area (Å²) in [5.74, 6) is 0.983. The highest BCUT2D eigenvalue weighted by molar-refractivity contribution is 7.15. The summed E-state index contributed by atoms with van der Waals surface area (Å²) in [4.78, 5) is 8.91. The van der Waals surface area contributed by atoms with Gasteiger partial charge in [-0.1, -0.05) is 50.3 Å².